The minimum atomic E-state index is 0.460. The van der Waals surface area contributed by atoms with E-state index >= 15 is 0 Å². The number of hydrogen-bond acceptors (Lipinski definition) is 4. The molecule has 0 radical (unpaired) electrons. The Kier molecular flexibility index (Phi) is 13.0. The number of allylic oxidation sites excluding steroid dienone is 4. The van der Waals surface area contributed by atoms with Crippen molar-refractivity contribution < 1.29 is 0 Å². The first-order valence-electron chi connectivity index (χ1n) is 20.7. The number of nitrogens with one attached hydrogen (secondary N) is 1. The molecule has 2 atom stereocenters. The number of aryl methyl sites for hydroxylation is 2. The van der Waals surface area contributed by atoms with E-state index in [1.54, 1.807) is 16.7 Å². The van der Waals surface area contributed by atoms with Crippen LogP contribution in [0.15, 0.2) is 91.0 Å². The number of piperidine rings is 1. The van der Waals surface area contributed by atoms with E-state index in [1.165, 1.54) is 105 Å². The summed E-state index contributed by atoms with van der Waals surface area (Å²) >= 11 is 0. The fourth-order valence-electron chi connectivity index (χ4n) is 9.03. The molecule has 0 bridgehead atoms. The van der Waals surface area contributed by atoms with Gasteiger partial charge in [-0.2, -0.15) is 0 Å². The largest absolute Gasteiger partial charge is 0.381 e. The highest BCUT2D eigenvalue weighted by Gasteiger charge is 2.33. The Balaban J connectivity index is 0.000000726. The van der Waals surface area contributed by atoms with Crippen molar-refractivity contribution >= 4 is 17.1 Å². The molecule has 0 saturated carbocycles. The van der Waals surface area contributed by atoms with Crippen LogP contribution in [0.4, 0.5) is 11.4 Å². The fourth-order valence-corrected chi connectivity index (χ4v) is 9.03. The topological polar surface area (TPSA) is 21.8 Å². The van der Waals surface area contributed by atoms with Gasteiger partial charge in [-0.1, -0.05) is 107 Å². The van der Waals surface area contributed by atoms with Crippen molar-refractivity contribution in [2.24, 2.45) is 17.8 Å². The molecular formula is C48H66N4. The monoisotopic (exact) mass is 699 g/mol. The summed E-state index contributed by atoms with van der Waals surface area (Å²) in [5, 5.41) is 3.39. The van der Waals surface area contributed by atoms with Crippen molar-refractivity contribution in [1.29, 1.82) is 0 Å². The van der Waals surface area contributed by atoms with Crippen LogP contribution in [0, 0.1) is 24.7 Å². The van der Waals surface area contributed by atoms with Crippen LogP contribution in [0.2, 0.25) is 0 Å². The maximum atomic E-state index is 4.13. The smallest absolute Gasteiger partial charge is 0.0408 e. The number of hydrogen-bond donors (Lipinski definition) is 1. The van der Waals surface area contributed by atoms with Crippen molar-refractivity contribution in [2.45, 2.75) is 92.5 Å². The zero-order valence-electron chi connectivity index (χ0n) is 33.3. The average Bonchev–Trinajstić information content (AvgIpc) is 3.55. The molecule has 5 aliphatic rings. The van der Waals surface area contributed by atoms with Crippen LogP contribution in [0.25, 0.3) is 5.70 Å². The van der Waals surface area contributed by atoms with Gasteiger partial charge in [-0.15, -0.1) is 0 Å². The van der Waals surface area contributed by atoms with Gasteiger partial charge in [0.15, 0.2) is 0 Å². The summed E-state index contributed by atoms with van der Waals surface area (Å²) < 4.78 is 0. The molecule has 0 spiro atoms. The van der Waals surface area contributed by atoms with Crippen LogP contribution in [-0.2, 0) is 13.0 Å². The molecule has 52 heavy (non-hydrogen) atoms. The zero-order valence-corrected chi connectivity index (χ0v) is 33.3. The highest BCUT2D eigenvalue weighted by atomic mass is 15.3. The van der Waals surface area contributed by atoms with Gasteiger partial charge in [0.2, 0.25) is 0 Å². The number of rotatable bonds is 6. The summed E-state index contributed by atoms with van der Waals surface area (Å²) in [4.78, 5) is 7.93. The molecule has 3 aliphatic heterocycles. The van der Waals surface area contributed by atoms with Gasteiger partial charge < -0.3 is 15.1 Å². The van der Waals surface area contributed by atoms with E-state index in [-0.39, 0.29) is 0 Å². The molecule has 2 fully saturated rings. The maximum absolute atomic E-state index is 4.13. The van der Waals surface area contributed by atoms with Crippen LogP contribution < -0.4 is 15.1 Å². The Hall–Kier alpha value is -3.76. The van der Waals surface area contributed by atoms with Gasteiger partial charge in [-0.05, 0) is 110 Å². The van der Waals surface area contributed by atoms with E-state index < -0.39 is 0 Å². The lowest BCUT2D eigenvalue weighted by atomic mass is 9.67. The van der Waals surface area contributed by atoms with E-state index in [0.29, 0.717) is 11.8 Å². The van der Waals surface area contributed by atoms with Crippen molar-refractivity contribution in [3.05, 3.63) is 124 Å². The third kappa shape index (κ3) is 9.05. The average molecular weight is 699 g/mol. The SMILES string of the molecule is C=C1NCc2cc(N3CCN(CC4CCN(c5ccc(C6c7ccc(C)cc7CCC6C6=CC=CCC6)cc5)CC4)CC3)ccc21.CC.CC(C)C. The van der Waals surface area contributed by atoms with Crippen LogP contribution >= 0.6 is 0 Å². The Bertz CT molecular complexity index is 1680. The molecule has 4 nitrogen and oxygen atoms in total. The first-order valence-corrected chi connectivity index (χ1v) is 20.7. The van der Waals surface area contributed by atoms with Crippen LogP contribution in [0.5, 0.6) is 0 Å². The van der Waals surface area contributed by atoms with E-state index in [0.717, 1.165) is 37.2 Å². The maximum Gasteiger partial charge on any atom is 0.0408 e. The predicted octanol–water partition coefficient (Wildman–Crippen LogP) is 10.8. The summed E-state index contributed by atoms with van der Waals surface area (Å²) in [6.45, 7) is 26.0. The van der Waals surface area contributed by atoms with Crippen molar-refractivity contribution in [2.75, 3.05) is 55.6 Å². The molecule has 3 heterocycles. The van der Waals surface area contributed by atoms with Crippen LogP contribution in [-0.4, -0.2) is 50.7 Å². The summed E-state index contributed by atoms with van der Waals surface area (Å²) in [7, 11) is 0. The molecule has 1 N–H and O–H groups in total. The quantitative estimate of drug-likeness (QED) is 0.277. The van der Waals surface area contributed by atoms with Gasteiger partial charge in [0.05, 0.1) is 0 Å². The molecular weight excluding hydrogens is 633 g/mol. The highest BCUT2D eigenvalue weighted by molar-refractivity contribution is 5.71. The van der Waals surface area contributed by atoms with E-state index in [1.807, 2.05) is 13.8 Å². The Morgan fingerprint density at radius 3 is 2.15 bits per heavy atom. The molecule has 4 heteroatoms. The predicted molar refractivity (Wildman–Crippen MR) is 225 cm³/mol. The lowest BCUT2D eigenvalue weighted by Crippen LogP contribution is -2.49. The number of piperazine rings is 1. The van der Waals surface area contributed by atoms with Gasteiger partial charge in [0.1, 0.15) is 0 Å². The van der Waals surface area contributed by atoms with Gasteiger partial charge in [0.25, 0.3) is 0 Å². The molecule has 2 aliphatic carbocycles. The van der Waals surface area contributed by atoms with Gasteiger partial charge in [0, 0.05) is 80.9 Å². The van der Waals surface area contributed by atoms with Gasteiger partial charge in [-0.25, -0.2) is 0 Å². The molecule has 0 aromatic heterocycles. The van der Waals surface area contributed by atoms with Crippen molar-refractivity contribution in [3.8, 4) is 0 Å². The molecule has 2 unspecified atom stereocenters. The van der Waals surface area contributed by atoms with Crippen molar-refractivity contribution in [1.82, 2.24) is 10.2 Å². The molecule has 3 aromatic carbocycles. The summed E-state index contributed by atoms with van der Waals surface area (Å²) in [5.41, 5.74) is 14.2. The number of anilines is 2. The third-order valence-electron chi connectivity index (χ3n) is 11.7. The number of fused-ring (bicyclic) bond motifs is 2. The lowest BCUT2D eigenvalue weighted by molar-refractivity contribution is 0.201. The third-order valence-corrected chi connectivity index (χ3v) is 11.7. The lowest BCUT2D eigenvalue weighted by Gasteiger charge is -2.40. The second-order valence-electron chi connectivity index (χ2n) is 16.2. The molecule has 3 aromatic rings. The Labute approximate surface area is 316 Å². The van der Waals surface area contributed by atoms with Crippen LogP contribution in [0.1, 0.15) is 106 Å². The minimum absolute atomic E-state index is 0.460. The first kappa shape index (κ1) is 38.0. The first-order chi connectivity index (χ1) is 25.3. The molecule has 2 saturated heterocycles. The second-order valence-corrected chi connectivity index (χ2v) is 16.2. The highest BCUT2D eigenvalue weighted by Crippen LogP contribution is 2.46. The van der Waals surface area contributed by atoms with Gasteiger partial charge in [-0.3, -0.25) is 4.90 Å². The van der Waals surface area contributed by atoms with E-state index in [4.69, 9.17) is 0 Å². The summed E-state index contributed by atoms with van der Waals surface area (Å²) in [5.74, 6) is 2.71. The number of nitrogens with zero attached hydrogens (tertiary/aromatic N) is 3. The summed E-state index contributed by atoms with van der Waals surface area (Å²) in [6.07, 6.45) is 14.5. The van der Waals surface area contributed by atoms with Gasteiger partial charge >= 0.3 is 0 Å². The normalized spacial score (nSPS) is 21.7. The molecule has 8 rings (SSSR count). The van der Waals surface area contributed by atoms with E-state index in [2.05, 4.69) is 133 Å². The fraction of sp³-hybridized carbons (Fsp3) is 0.500. The number of benzene rings is 3. The molecule has 0 amide bonds. The van der Waals surface area contributed by atoms with Crippen LogP contribution in [0.3, 0.4) is 0 Å². The van der Waals surface area contributed by atoms with E-state index in [9.17, 15) is 0 Å². The Morgan fingerprint density at radius 1 is 0.769 bits per heavy atom. The zero-order chi connectivity index (χ0) is 36.6. The molecule has 278 valence electrons. The standard InChI is InChI=1S/C42H50N4.C4H10.C2H6/c1-30-8-15-41-35(26-30)11-16-40(33-6-4-3-5-7-33)42(41)34-9-12-37(13-10-34)45-20-18-32(19-21-45)29-44-22-24-46(25-23-44)38-14-17-39-31(2)43-28-36(39)27-38;1-4(2)3;1-2/h3-4,6,8-10,12-15,17,26-27,32,40,42-43H,2,5,7,11,16,18-25,28-29H2,1H3;4H,1-3H3;1-2H3. The van der Waals surface area contributed by atoms with Crippen molar-refractivity contribution in [3.63, 3.8) is 0 Å². The summed E-state index contributed by atoms with van der Waals surface area (Å²) in [6, 6.07) is 23.9. The Morgan fingerprint density at radius 2 is 1.46 bits per heavy atom. The minimum Gasteiger partial charge on any atom is -0.381 e. The second kappa shape index (κ2) is 17.8.